The number of amides is 1. The Morgan fingerprint density at radius 3 is 2.88 bits per heavy atom. The van der Waals surface area contributed by atoms with Gasteiger partial charge in [-0.2, -0.15) is 5.10 Å². The highest BCUT2D eigenvalue weighted by molar-refractivity contribution is 5.94. The average molecular weight is 337 g/mol. The fourth-order valence-corrected chi connectivity index (χ4v) is 3.31. The maximum Gasteiger partial charge on any atom is 0.275 e. The Kier molecular flexibility index (Phi) is 3.80. The predicted octanol–water partition coefficient (Wildman–Crippen LogP) is 2.52. The van der Waals surface area contributed by atoms with Gasteiger partial charge < -0.3 is 4.90 Å². The molecule has 0 saturated heterocycles. The maximum absolute atomic E-state index is 14.2. The molecule has 0 bridgehead atoms. The number of rotatable bonds is 2. The van der Waals surface area contributed by atoms with Gasteiger partial charge in [0.25, 0.3) is 5.56 Å². The number of halogens is 1. The second-order valence-corrected chi connectivity index (χ2v) is 6.09. The summed E-state index contributed by atoms with van der Waals surface area (Å²) in [5.74, 6) is -0.750. The van der Waals surface area contributed by atoms with Crippen LogP contribution in [0.1, 0.15) is 12.0 Å². The van der Waals surface area contributed by atoms with Crippen LogP contribution in [0.2, 0.25) is 0 Å². The van der Waals surface area contributed by atoms with Gasteiger partial charge in [0, 0.05) is 11.9 Å². The number of carbonyl (C=O) groups excluding carboxylic acids is 1. The number of carbonyl (C=O) groups is 1. The van der Waals surface area contributed by atoms with E-state index < -0.39 is 5.82 Å². The number of aromatic nitrogens is 2. The number of hydrogen-bond acceptors (Lipinski definition) is 3. The van der Waals surface area contributed by atoms with Gasteiger partial charge >= 0.3 is 0 Å². The molecule has 1 aromatic heterocycles. The van der Waals surface area contributed by atoms with E-state index in [0.29, 0.717) is 17.6 Å². The van der Waals surface area contributed by atoms with E-state index in [2.05, 4.69) is 5.10 Å². The van der Waals surface area contributed by atoms with E-state index in [4.69, 9.17) is 0 Å². The molecular weight excluding hydrogens is 321 g/mol. The quantitative estimate of drug-likeness (QED) is 0.722. The molecule has 0 spiro atoms. The SMILES string of the molecule is O=C(Cn1ncc2ccccc2c1=O)N1CCCc2cccc(F)c21. The van der Waals surface area contributed by atoms with Crippen LogP contribution in [0.3, 0.4) is 0 Å². The van der Waals surface area contributed by atoms with Crippen LogP contribution >= 0.6 is 0 Å². The molecule has 4 rings (SSSR count). The van der Waals surface area contributed by atoms with Crippen LogP contribution in [-0.2, 0) is 17.8 Å². The Hall–Kier alpha value is -3.02. The molecule has 1 aliphatic rings. The number of hydrogen-bond donors (Lipinski definition) is 0. The molecule has 1 amide bonds. The molecule has 0 N–H and O–H groups in total. The topological polar surface area (TPSA) is 55.2 Å². The number of para-hydroxylation sites is 1. The fraction of sp³-hybridized carbons (Fsp3) is 0.211. The third-order valence-electron chi connectivity index (χ3n) is 4.52. The zero-order chi connectivity index (χ0) is 17.4. The zero-order valence-corrected chi connectivity index (χ0v) is 13.5. The van der Waals surface area contributed by atoms with Gasteiger partial charge in [-0.25, -0.2) is 9.07 Å². The number of benzene rings is 2. The molecule has 6 heteroatoms. The van der Waals surface area contributed by atoms with Crippen molar-refractivity contribution in [1.82, 2.24) is 9.78 Å². The van der Waals surface area contributed by atoms with Gasteiger partial charge in [0.2, 0.25) is 5.91 Å². The first-order valence-corrected chi connectivity index (χ1v) is 8.18. The van der Waals surface area contributed by atoms with Crippen LogP contribution in [-0.4, -0.2) is 22.2 Å². The third-order valence-corrected chi connectivity index (χ3v) is 4.52. The predicted molar refractivity (Wildman–Crippen MR) is 93.1 cm³/mol. The first-order chi connectivity index (χ1) is 12.1. The van der Waals surface area contributed by atoms with Gasteiger partial charge in [-0.3, -0.25) is 9.59 Å². The molecule has 0 fully saturated rings. The molecule has 0 radical (unpaired) electrons. The summed E-state index contributed by atoms with van der Waals surface area (Å²) in [7, 11) is 0. The van der Waals surface area contributed by atoms with E-state index in [1.165, 1.54) is 11.0 Å². The summed E-state index contributed by atoms with van der Waals surface area (Å²) < 4.78 is 15.4. The number of aryl methyl sites for hydroxylation is 1. The van der Waals surface area contributed by atoms with Crippen LogP contribution in [0.25, 0.3) is 10.8 Å². The van der Waals surface area contributed by atoms with Crippen molar-refractivity contribution in [3.05, 3.63) is 70.4 Å². The van der Waals surface area contributed by atoms with E-state index in [9.17, 15) is 14.0 Å². The van der Waals surface area contributed by atoms with Crippen molar-refractivity contribution in [3.63, 3.8) is 0 Å². The Bertz CT molecular complexity index is 1030. The van der Waals surface area contributed by atoms with Gasteiger partial charge in [0.15, 0.2) is 0 Å². The second-order valence-electron chi connectivity index (χ2n) is 6.09. The van der Waals surface area contributed by atoms with Crippen molar-refractivity contribution in [2.75, 3.05) is 11.4 Å². The molecule has 2 heterocycles. The molecule has 25 heavy (non-hydrogen) atoms. The first-order valence-electron chi connectivity index (χ1n) is 8.18. The highest BCUT2D eigenvalue weighted by Crippen LogP contribution is 2.30. The average Bonchev–Trinajstić information content (AvgIpc) is 2.64. The normalized spacial score (nSPS) is 13.7. The lowest BCUT2D eigenvalue weighted by Gasteiger charge is -2.29. The van der Waals surface area contributed by atoms with Gasteiger partial charge in [-0.1, -0.05) is 30.3 Å². The summed E-state index contributed by atoms with van der Waals surface area (Å²) in [6.45, 7) is 0.229. The third kappa shape index (κ3) is 2.69. The van der Waals surface area contributed by atoms with Gasteiger partial charge in [0.05, 0.1) is 17.3 Å². The minimum Gasteiger partial charge on any atom is -0.308 e. The van der Waals surface area contributed by atoms with Crippen molar-refractivity contribution in [1.29, 1.82) is 0 Å². The lowest BCUT2D eigenvalue weighted by Crippen LogP contribution is -2.40. The molecule has 0 aliphatic carbocycles. The van der Waals surface area contributed by atoms with Crippen molar-refractivity contribution >= 4 is 22.4 Å². The Labute approximate surface area is 143 Å². The summed E-state index contributed by atoms with van der Waals surface area (Å²) in [4.78, 5) is 26.7. The largest absolute Gasteiger partial charge is 0.308 e. The molecular formula is C19H16FN3O2. The number of nitrogens with zero attached hydrogens (tertiary/aromatic N) is 3. The molecule has 0 atom stereocenters. The summed E-state index contributed by atoms with van der Waals surface area (Å²) in [5, 5.41) is 5.32. The lowest BCUT2D eigenvalue weighted by atomic mass is 10.0. The molecule has 1 aliphatic heterocycles. The van der Waals surface area contributed by atoms with Crippen molar-refractivity contribution in [3.8, 4) is 0 Å². The second kappa shape index (κ2) is 6.12. The van der Waals surface area contributed by atoms with Crippen LogP contribution in [0.4, 0.5) is 10.1 Å². The standard InChI is InChI=1S/C19H16FN3O2/c20-16-9-3-6-13-7-4-10-22(18(13)16)17(24)12-23-19(25)15-8-2-1-5-14(15)11-21-23/h1-3,5-6,8-9,11H,4,7,10,12H2. The molecule has 2 aromatic carbocycles. The smallest absolute Gasteiger partial charge is 0.275 e. The molecule has 5 nitrogen and oxygen atoms in total. The van der Waals surface area contributed by atoms with Crippen LogP contribution in [0.15, 0.2) is 53.5 Å². The van der Waals surface area contributed by atoms with Gasteiger partial charge in [0.1, 0.15) is 12.4 Å². The zero-order valence-electron chi connectivity index (χ0n) is 13.5. The Morgan fingerprint density at radius 1 is 1.16 bits per heavy atom. The first kappa shape index (κ1) is 15.5. The summed E-state index contributed by atoms with van der Waals surface area (Å²) >= 11 is 0. The van der Waals surface area contributed by atoms with Gasteiger partial charge in [-0.05, 0) is 30.5 Å². The summed E-state index contributed by atoms with van der Waals surface area (Å²) in [5.41, 5.74) is 0.822. The Morgan fingerprint density at radius 2 is 2.00 bits per heavy atom. The van der Waals surface area contributed by atoms with Crippen LogP contribution < -0.4 is 10.5 Å². The number of fused-ring (bicyclic) bond motifs is 2. The minimum absolute atomic E-state index is 0.211. The monoisotopic (exact) mass is 337 g/mol. The molecule has 0 saturated carbocycles. The van der Waals surface area contributed by atoms with E-state index in [1.807, 2.05) is 12.1 Å². The molecule has 0 unspecified atom stereocenters. The van der Waals surface area contributed by atoms with E-state index in [0.717, 1.165) is 28.5 Å². The van der Waals surface area contributed by atoms with Crippen molar-refractivity contribution in [2.24, 2.45) is 0 Å². The van der Waals surface area contributed by atoms with Crippen LogP contribution in [0, 0.1) is 5.82 Å². The van der Waals surface area contributed by atoms with Crippen molar-refractivity contribution < 1.29 is 9.18 Å². The maximum atomic E-state index is 14.2. The summed E-state index contributed by atoms with van der Waals surface area (Å²) in [6, 6.07) is 11.9. The Balaban J connectivity index is 1.68. The van der Waals surface area contributed by atoms with Gasteiger partial charge in [-0.15, -0.1) is 0 Å². The van der Waals surface area contributed by atoms with Crippen molar-refractivity contribution in [2.45, 2.75) is 19.4 Å². The highest BCUT2D eigenvalue weighted by Gasteiger charge is 2.26. The number of anilines is 1. The highest BCUT2D eigenvalue weighted by atomic mass is 19.1. The fourth-order valence-electron chi connectivity index (χ4n) is 3.31. The van der Waals surface area contributed by atoms with E-state index in [1.54, 1.807) is 30.5 Å². The van der Waals surface area contributed by atoms with E-state index >= 15 is 0 Å². The van der Waals surface area contributed by atoms with E-state index in [-0.39, 0.29) is 18.0 Å². The lowest BCUT2D eigenvalue weighted by molar-refractivity contribution is -0.119. The molecule has 126 valence electrons. The summed E-state index contributed by atoms with van der Waals surface area (Å²) in [6.07, 6.45) is 3.07. The van der Waals surface area contributed by atoms with Crippen LogP contribution in [0.5, 0.6) is 0 Å². The molecule has 3 aromatic rings. The minimum atomic E-state index is -0.413.